The number of carbonyl (C=O) groups is 2. The topological polar surface area (TPSA) is 78.7 Å². The molecule has 0 radical (unpaired) electrons. The van der Waals surface area contributed by atoms with E-state index in [2.05, 4.69) is 5.32 Å². The summed E-state index contributed by atoms with van der Waals surface area (Å²) in [7, 11) is 0. The fraction of sp³-hybridized carbons (Fsp3) is 0.440. The Bertz CT molecular complexity index is 1050. The minimum Gasteiger partial charge on any atom is -0.371 e. The third kappa shape index (κ3) is 5.46. The van der Waals surface area contributed by atoms with Gasteiger partial charge in [0.15, 0.2) is 0 Å². The lowest BCUT2D eigenvalue weighted by Crippen LogP contribution is -2.39. The van der Waals surface area contributed by atoms with Gasteiger partial charge in [-0.2, -0.15) is 13.2 Å². The molecular formula is C25H29F3N4O2. The molecule has 2 aromatic rings. The summed E-state index contributed by atoms with van der Waals surface area (Å²) < 4.78 is 38.8. The molecule has 3 N–H and O–H groups in total. The number of anilines is 3. The lowest BCUT2D eigenvalue weighted by atomic mass is 9.95. The number of halogens is 3. The second-order valence-electron chi connectivity index (χ2n) is 9.20. The number of nitrogens with two attached hydrogens (primary N) is 1. The van der Waals surface area contributed by atoms with Crippen molar-refractivity contribution in [2.75, 3.05) is 29.9 Å². The Morgan fingerprint density at radius 2 is 1.74 bits per heavy atom. The van der Waals surface area contributed by atoms with Gasteiger partial charge < -0.3 is 20.9 Å². The van der Waals surface area contributed by atoms with Gasteiger partial charge in [-0.05, 0) is 61.2 Å². The molecule has 1 unspecified atom stereocenters. The van der Waals surface area contributed by atoms with Crippen LogP contribution in [0.15, 0.2) is 42.5 Å². The predicted molar refractivity (Wildman–Crippen MR) is 125 cm³/mol. The van der Waals surface area contributed by atoms with E-state index in [0.717, 1.165) is 28.2 Å². The fourth-order valence-electron chi connectivity index (χ4n) is 4.73. The molecule has 0 aromatic heterocycles. The molecule has 4 rings (SSSR count). The van der Waals surface area contributed by atoms with Crippen molar-refractivity contribution in [3.8, 4) is 0 Å². The highest BCUT2D eigenvalue weighted by Gasteiger charge is 2.41. The summed E-state index contributed by atoms with van der Waals surface area (Å²) >= 11 is 0. The van der Waals surface area contributed by atoms with Crippen LogP contribution in [0.3, 0.4) is 0 Å². The van der Waals surface area contributed by atoms with E-state index in [1.807, 2.05) is 54.3 Å². The Hall–Kier alpha value is -3.23. The van der Waals surface area contributed by atoms with Crippen LogP contribution < -0.4 is 16.0 Å². The Kier molecular flexibility index (Phi) is 6.72. The minimum atomic E-state index is -4.11. The van der Waals surface area contributed by atoms with Crippen LogP contribution in [0.2, 0.25) is 0 Å². The quantitative estimate of drug-likeness (QED) is 0.653. The maximum absolute atomic E-state index is 12.9. The Morgan fingerprint density at radius 3 is 2.29 bits per heavy atom. The van der Waals surface area contributed by atoms with E-state index in [0.29, 0.717) is 26.2 Å². The van der Waals surface area contributed by atoms with Gasteiger partial charge in [0.1, 0.15) is 0 Å². The van der Waals surface area contributed by atoms with Gasteiger partial charge in [0.05, 0.1) is 11.8 Å². The lowest BCUT2D eigenvalue weighted by molar-refractivity contribution is -0.179. The van der Waals surface area contributed by atoms with Crippen LogP contribution >= 0.6 is 0 Å². The molecule has 9 heteroatoms. The summed E-state index contributed by atoms with van der Waals surface area (Å²) in [6, 6.07) is 13.6. The highest BCUT2D eigenvalue weighted by atomic mass is 19.4. The van der Waals surface area contributed by atoms with Crippen molar-refractivity contribution in [3.63, 3.8) is 0 Å². The molecule has 2 aliphatic heterocycles. The Labute approximate surface area is 196 Å². The maximum atomic E-state index is 12.9. The number of amides is 2. The number of aryl methyl sites for hydroxylation is 1. The molecule has 6 nitrogen and oxygen atoms in total. The maximum Gasteiger partial charge on any atom is 0.391 e. The largest absolute Gasteiger partial charge is 0.391 e. The van der Waals surface area contributed by atoms with Crippen molar-refractivity contribution in [1.82, 2.24) is 4.90 Å². The second kappa shape index (κ2) is 9.56. The fourth-order valence-corrected chi connectivity index (χ4v) is 4.73. The first kappa shape index (κ1) is 23.9. The van der Waals surface area contributed by atoms with Gasteiger partial charge in [0, 0.05) is 49.7 Å². The van der Waals surface area contributed by atoms with E-state index in [1.54, 1.807) is 4.90 Å². The molecular weight excluding hydrogens is 445 g/mol. The highest BCUT2D eigenvalue weighted by Crippen LogP contribution is 2.36. The summed E-state index contributed by atoms with van der Waals surface area (Å²) in [5.41, 5.74) is 10.0. The first-order valence-electron chi connectivity index (χ1n) is 11.5. The Balaban J connectivity index is 1.34. The molecule has 0 spiro atoms. The average Bonchev–Trinajstić information content (AvgIpc) is 3.15. The van der Waals surface area contributed by atoms with E-state index in [9.17, 15) is 22.8 Å². The highest BCUT2D eigenvalue weighted by molar-refractivity contribution is 5.88. The summed E-state index contributed by atoms with van der Waals surface area (Å²) in [6.07, 6.45) is -3.69. The van der Waals surface area contributed by atoms with Crippen LogP contribution in [0.1, 0.15) is 30.4 Å². The van der Waals surface area contributed by atoms with E-state index >= 15 is 0 Å². The van der Waals surface area contributed by atoms with Crippen molar-refractivity contribution >= 4 is 28.9 Å². The summed E-state index contributed by atoms with van der Waals surface area (Å²) in [4.78, 5) is 27.1. The monoisotopic (exact) mass is 474 g/mol. The third-order valence-electron chi connectivity index (χ3n) is 6.73. The molecule has 2 heterocycles. The SMILES string of the molecule is Cc1cc(Nc2ccc(CN3CC(C(N)=O)CC3=O)cc2)ccc1N1CCC(C(F)(F)F)CC1. The zero-order chi connectivity index (χ0) is 24.5. The summed E-state index contributed by atoms with van der Waals surface area (Å²) in [5, 5.41) is 3.34. The first-order valence-corrected chi connectivity index (χ1v) is 11.5. The zero-order valence-corrected chi connectivity index (χ0v) is 19.1. The molecule has 0 saturated carbocycles. The number of hydrogen-bond acceptors (Lipinski definition) is 4. The first-order chi connectivity index (χ1) is 16.1. The Morgan fingerprint density at radius 1 is 1.09 bits per heavy atom. The van der Waals surface area contributed by atoms with Crippen molar-refractivity contribution in [3.05, 3.63) is 53.6 Å². The minimum absolute atomic E-state index is 0.0656. The zero-order valence-electron chi connectivity index (χ0n) is 19.1. The normalized spacial score (nSPS) is 19.5. The number of piperidine rings is 1. The molecule has 0 bridgehead atoms. The van der Waals surface area contributed by atoms with Gasteiger partial charge >= 0.3 is 6.18 Å². The molecule has 2 amide bonds. The lowest BCUT2D eigenvalue weighted by Gasteiger charge is -2.35. The number of carbonyl (C=O) groups excluding carboxylic acids is 2. The van der Waals surface area contributed by atoms with E-state index in [1.165, 1.54) is 0 Å². The number of benzene rings is 2. The number of hydrogen-bond donors (Lipinski definition) is 2. The molecule has 2 aromatic carbocycles. The van der Waals surface area contributed by atoms with Gasteiger partial charge in [-0.15, -0.1) is 0 Å². The molecule has 182 valence electrons. The van der Waals surface area contributed by atoms with Gasteiger partial charge in [-0.3, -0.25) is 9.59 Å². The number of nitrogens with zero attached hydrogens (tertiary/aromatic N) is 2. The molecule has 1 atom stereocenters. The van der Waals surface area contributed by atoms with Crippen molar-refractivity contribution < 1.29 is 22.8 Å². The number of nitrogens with one attached hydrogen (secondary N) is 1. The van der Waals surface area contributed by atoms with Gasteiger partial charge in [-0.25, -0.2) is 0 Å². The summed E-state index contributed by atoms with van der Waals surface area (Å²) in [6.45, 7) is 3.55. The average molecular weight is 475 g/mol. The van der Waals surface area contributed by atoms with Crippen molar-refractivity contribution in [2.24, 2.45) is 17.6 Å². The van der Waals surface area contributed by atoms with Crippen LogP contribution in [0.4, 0.5) is 30.2 Å². The van der Waals surface area contributed by atoms with Crippen LogP contribution in [-0.2, 0) is 16.1 Å². The second-order valence-corrected chi connectivity index (χ2v) is 9.20. The van der Waals surface area contributed by atoms with Gasteiger partial charge in [0.25, 0.3) is 0 Å². The predicted octanol–water partition coefficient (Wildman–Crippen LogP) is 4.35. The van der Waals surface area contributed by atoms with E-state index in [4.69, 9.17) is 5.73 Å². The number of primary amides is 1. The number of likely N-dealkylation sites (tertiary alicyclic amines) is 1. The van der Waals surface area contributed by atoms with Crippen LogP contribution in [0, 0.1) is 18.8 Å². The van der Waals surface area contributed by atoms with Crippen LogP contribution in [0.5, 0.6) is 0 Å². The van der Waals surface area contributed by atoms with E-state index in [-0.39, 0.29) is 25.2 Å². The molecule has 2 aliphatic rings. The van der Waals surface area contributed by atoms with Crippen LogP contribution in [-0.4, -0.2) is 42.5 Å². The van der Waals surface area contributed by atoms with Gasteiger partial charge in [0.2, 0.25) is 11.8 Å². The third-order valence-corrected chi connectivity index (χ3v) is 6.73. The molecule has 0 aliphatic carbocycles. The van der Waals surface area contributed by atoms with Crippen molar-refractivity contribution in [1.29, 1.82) is 0 Å². The van der Waals surface area contributed by atoms with E-state index < -0.39 is 23.9 Å². The standard InChI is InChI=1S/C25H29F3N4O2/c1-16-12-21(6-7-22(16)31-10-8-19(9-11-31)25(26,27)28)30-20-4-2-17(3-5-20)14-32-15-18(24(29)34)13-23(32)33/h2-7,12,18-19,30H,8-11,13-15H2,1H3,(H2,29,34). The molecule has 2 saturated heterocycles. The summed E-state index contributed by atoms with van der Waals surface area (Å²) in [5.74, 6) is -2.14. The smallest absolute Gasteiger partial charge is 0.371 e. The number of rotatable bonds is 6. The van der Waals surface area contributed by atoms with Crippen molar-refractivity contribution in [2.45, 2.75) is 38.9 Å². The molecule has 34 heavy (non-hydrogen) atoms. The van der Waals surface area contributed by atoms with Crippen LogP contribution in [0.25, 0.3) is 0 Å². The number of alkyl halides is 3. The van der Waals surface area contributed by atoms with Gasteiger partial charge in [-0.1, -0.05) is 12.1 Å². The molecule has 2 fully saturated rings.